The molecular weight excluding hydrogens is 550 g/mol. The molecule has 0 aliphatic heterocycles. The molecule has 212 valence electrons. The van der Waals surface area contributed by atoms with E-state index in [-0.39, 0.29) is 5.75 Å². The number of hydrogen-bond donors (Lipinski definition) is 2. The zero-order chi connectivity index (χ0) is 29.8. The Morgan fingerprint density at radius 2 is 1.74 bits per heavy atom. The van der Waals surface area contributed by atoms with E-state index in [9.17, 15) is 9.59 Å². The second kappa shape index (κ2) is 12.3. The smallest absolute Gasteiger partial charge is 0.343 e. The monoisotopic (exact) mass is 579 g/mol. The molecule has 4 aromatic carbocycles. The number of aromatic amines is 1. The van der Waals surface area contributed by atoms with E-state index in [1.165, 1.54) is 6.21 Å². The van der Waals surface area contributed by atoms with Crippen LogP contribution in [0, 0.1) is 20.8 Å². The molecule has 0 aliphatic rings. The second-order valence-corrected chi connectivity index (χ2v) is 10.4. The number of hydrogen-bond acceptors (Lipinski definition) is 5. The maximum Gasteiger partial charge on any atom is 0.343 e. The van der Waals surface area contributed by atoms with E-state index < -0.39 is 11.9 Å². The Morgan fingerprint density at radius 3 is 2.50 bits per heavy atom. The Kier molecular flexibility index (Phi) is 8.41. The standard InChI is InChI=1S/C34H30ClN3O4/c1-5-41-29-18-23(13-14-28(29)42-34(40)24-10-8-9-20(2)16-24)19-36-38-33(39)32-30(25-11-6-7-12-27(25)35)26-17-21(3)15-22(4)31(26)37-32/h6-19,37H,5H2,1-4H3,(H,38,39). The molecule has 0 fully saturated rings. The quantitative estimate of drug-likeness (QED) is 0.0849. The van der Waals surface area contributed by atoms with Crippen molar-refractivity contribution in [2.75, 3.05) is 6.61 Å². The van der Waals surface area contributed by atoms with Gasteiger partial charge in [-0.05, 0) is 81.3 Å². The van der Waals surface area contributed by atoms with Gasteiger partial charge in [0.05, 0.1) is 18.4 Å². The molecule has 0 saturated carbocycles. The number of hydrazone groups is 1. The zero-order valence-electron chi connectivity index (χ0n) is 23.7. The normalized spacial score (nSPS) is 11.2. The third-order valence-electron chi connectivity index (χ3n) is 6.72. The van der Waals surface area contributed by atoms with E-state index in [4.69, 9.17) is 21.1 Å². The first-order valence-electron chi connectivity index (χ1n) is 13.5. The molecule has 0 atom stereocenters. The first-order chi connectivity index (χ1) is 20.2. The van der Waals surface area contributed by atoms with Crippen molar-refractivity contribution < 1.29 is 19.1 Å². The average molecular weight is 580 g/mol. The van der Waals surface area contributed by atoms with Gasteiger partial charge in [0, 0.05) is 27.1 Å². The number of esters is 1. The lowest BCUT2D eigenvalue weighted by Crippen LogP contribution is -2.19. The van der Waals surface area contributed by atoms with Gasteiger partial charge in [-0.25, -0.2) is 10.2 Å². The van der Waals surface area contributed by atoms with Crippen LogP contribution in [0.25, 0.3) is 22.0 Å². The summed E-state index contributed by atoms with van der Waals surface area (Å²) in [5.41, 5.74) is 9.47. The summed E-state index contributed by atoms with van der Waals surface area (Å²) in [7, 11) is 0. The summed E-state index contributed by atoms with van der Waals surface area (Å²) in [4.78, 5) is 29.4. The van der Waals surface area contributed by atoms with Crippen molar-refractivity contribution in [3.63, 3.8) is 0 Å². The van der Waals surface area contributed by atoms with Crippen LogP contribution in [0.15, 0.2) is 84.0 Å². The van der Waals surface area contributed by atoms with Crippen LogP contribution in [0.1, 0.15) is 50.0 Å². The highest BCUT2D eigenvalue weighted by Crippen LogP contribution is 2.38. The summed E-state index contributed by atoms with van der Waals surface area (Å²) in [5.74, 6) is -0.219. The molecule has 1 aromatic heterocycles. The molecule has 0 spiro atoms. The number of ether oxygens (including phenoxy) is 2. The molecule has 0 unspecified atom stereocenters. The summed E-state index contributed by atoms with van der Waals surface area (Å²) in [5, 5.41) is 5.65. The number of aryl methyl sites for hydroxylation is 3. The van der Waals surface area contributed by atoms with Crippen LogP contribution in [0.5, 0.6) is 11.5 Å². The number of halogens is 1. The van der Waals surface area contributed by atoms with Crippen molar-refractivity contribution in [2.45, 2.75) is 27.7 Å². The number of rotatable bonds is 8. The van der Waals surface area contributed by atoms with Gasteiger partial charge in [0.25, 0.3) is 5.91 Å². The van der Waals surface area contributed by atoms with Gasteiger partial charge in [0.2, 0.25) is 0 Å². The second-order valence-electron chi connectivity index (χ2n) is 9.96. The van der Waals surface area contributed by atoms with Gasteiger partial charge in [0.1, 0.15) is 5.69 Å². The topological polar surface area (TPSA) is 92.8 Å². The minimum Gasteiger partial charge on any atom is -0.490 e. The average Bonchev–Trinajstić information content (AvgIpc) is 3.34. The largest absolute Gasteiger partial charge is 0.490 e. The van der Waals surface area contributed by atoms with Crippen LogP contribution in [-0.4, -0.2) is 29.7 Å². The molecule has 5 rings (SSSR count). The number of amides is 1. The minimum absolute atomic E-state index is 0.290. The number of aromatic nitrogens is 1. The highest BCUT2D eigenvalue weighted by atomic mass is 35.5. The lowest BCUT2D eigenvalue weighted by atomic mass is 9.99. The number of nitrogens with one attached hydrogen (secondary N) is 2. The van der Waals surface area contributed by atoms with Gasteiger partial charge in [-0.15, -0.1) is 0 Å². The van der Waals surface area contributed by atoms with Crippen LogP contribution in [0.3, 0.4) is 0 Å². The van der Waals surface area contributed by atoms with Gasteiger partial charge in [-0.3, -0.25) is 4.79 Å². The van der Waals surface area contributed by atoms with Crippen molar-refractivity contribution in [1.29, 1.82) is 0 Å². The van der Waals surface area contributed by atoms with Gasteiger partial charge >= 0.3 is 5.97 Å². The van der Waals surface area contributed by atoms with E-state index in [0.29, 0.717) is 39.8 Å². The van der Waals surface area contributed by atoms with Crippen molar-refractivity contribution in [1.82, 2.24) is 10.4 Å². The summed E-state index contributed by atoms with van der Waals surface area (Å²) in [6, 6.07) is 23.8. The maximum atomic E-state index is 13.4. The summed E-state index contributed by atoms with van der Waals surface area (Å²) < 4.78 is 11.3. The molecule has 7 nitrogen and oxygen atoms in total. The van der Waals surface area contributed by atoms with Crippen molar-refractivity contribution in [2.24, 2.45) is 5.10 Å². The van der Waals surface area contributed by atoms with Crippen LogP contribution in [0.4, 0.5) is 0 Å². The van der Waals surface area contributed by atoms with E-state index in [1.54, 1.807) is 42.5 Å². The number of H-pyrrole nitrogens is 1. The summed E-state index contributed by atoms with van der Waals surface area (Å²) in [6.45, 7) is 8.14. The summed E-state index contributed by atoms with van der Waals surface area (Å²) in [6.07, 6.45) is 1.50. The Hall–Kier alpha value is -4.88. The molecule has 0 radical (unpaired) electrons. The SMILES string of the molecule is CCOc1cc(C=NNC(=O)c2[nH]c3c(C)cc(C)cc3c2-c2ccccc2Cl)ccc1OC(=O)c1cccc(C)c1. The number of nitrogens with zero attached hydrogens (tertiary/aromatic N) is 1. The number of carbonyl (C=O) groups excluding carboxylic acids is 2. The maximum absolute atomic E-state index is 13.4. The molecule has 0 saturated heterocycles. The highest BCUT2D eigenvalue weighted by molar-refractivity contribution is 6.34. The number of fused-ring (bicyclic) bond motifs is 1. The molecule has 1 amide bonds. The Bertz CT molecular complexity index is 1840. The Labute approximate surface area is 249 Å². The van der Waals surface area contributed by atoms with Crippen LogP contribution in [0.2, 0.25) is 5.02 Å². The van der Waals surface area contributed by atoms with Gasteiger partial charge in [-0.1, -0.05) is 59.1 Å². The molecule has 2 N–H and O–H groups in total. The highest BCUT2D eigenvalue weighted by Gasteiger charge is 2.22. The van der Waals surface area contributed by atoms with Crippen molar-refractivity contribution in [3.8, 4) is 22.6 Å². The van der Waals surface area contributed by atoms with Gasteiger partial charge in [-0.2, -0.15) is 5.10 Å². The van der Waals surface area contributed by atoms with Crippen LogP contribution in [-0.2, 0) is 0 Å². The van der Waals surface area contributed by atoms with Crippen LogP contribution >= 0.6 is 11.6 Å². The molecule has 0 aliphatic carbocycles. The Morgan fingerprint density at radius 1 is 0.929 bits per heavy atom. The predicted octanol–water partition coefficient (Wildman–Crippen LogP) is 7.80. The number of benzene rings is 4. The third-order valence-corrected chi connectivity index (χ3v) is 7.05. The predicted molar refractivity (Wildman–Crippen MR) is 167 cm³/mol. The van der Waals surface area contributed by atoms with E-state index in [0.717, 1.165) is 33.2 Å². The summed E-state index contributed by atoms with van der Waals surface area (Å²) >= 11 is 6.56. The molecule has 5 aromatic rings. The fourth-order valence-electron chi connectivity index (χ4n) is 4.88. The Balaban J connectivity index is 1.40. The molecule has 1 heterocycles. The van der Waals surface area contributed by atoms with Gasteiger partial charge < -0.3 is 14.5 Å². The van der Waals surface area contributed by atoms with E-state index in [2.05, 4.69) is 21.6 Å². The molecule has 42 heavy (non-hydrogen) atoms. The number of carbonyl (C=O) groups is 2. The lowest BCUT2D eigenvalue weighted by Gasteiger charge is -2.11. The van der Waals surface area contributed by atoms with Crippen molar-refractivity contribution in [3.05, 3.63) is 117 Å². The fraction of sp³-hybridized carbons (Fsp3) is 0.147. The fourth-order valence-corrected chi connectivity index (χ4v) is 5.11. The lowest BCUT2D eigenvalue weighted by molar-refractivity contribution is 0.0728. The zero-order valence-corrected chi connectivity index (χ0v) is 24.5. The first kappa shape index (κ1) is 28.6. The molecule has 0 bridgehead atoms. The van der Waals surface area contributed by atoms with E-state index >= 15 is 0 Å². The van der Waals surface area contributed by atoms with Crippen LogP contribution < -0.4 is 14.9 Å². The minimum atomic E-state index is -0.480. The van der Waals surface area contributed by atoms with Crippen molar-refractivity contribution >= 4 is 40.6 Å². The molecular formula is C34H30ClN3O4. The third kappa shape index (κ3) is 6.06. The first-order valence-corrected chi connectivity index (χ1v) is 13.9. The molecule has 8 heteroatoms. The van der Waals surface area contributed by atoms with E-state index in [1.807, 2.05) is 58.0 Å². The van der Waals surface area contributed by atoms with Gasteiger partial charge in [0.15, 0.2) is 11.5 Å².